The predicted octanol–water partition coefficient (Wildman–Crippen LogP) is 2.60. The zero-order valence-electron chi connectivity index (χ0n) is 12.0. The van der Waals surface area contributed by atoms with Crippen LogP contribution >= 0.6 is 0 Å². The van der Waals surface area contributed by atoms with E-state index in [2.05, 4.69) is 16.3 Å². The van der Waals surface area contributed by atoms with E-state index in [1.165, 1.54) is 56.3 Å². The summed E-state index contributed by atoms with van der Waals surface area (Å²) in [5.41, 5.74) is 2.75. The number of hydrogen-bond donors (Lipinski definition) is 2. The summed E-state index contributed by atoms with van der Waals surface area (Å²) in [5.74, 6) is 0.406. The van der Waals surface area contributed by atoms with Gasteiger partial charge in [0.2, 0.25) is 0 Å². The molecular weight excluding hydrogens is 248 g/mol. The van der Waals surface area contributed by atoms with Gasteiger partial charge >= 0.3 is 0 Å². The van der Waals surface area contributed by atoms with Crippen molar-refractivity contribution in [3.63, 3.8) is 0 Å². The van der Waals surface area contributed by atoms with Crippen molar-refractivity contribution < 1.29 is 5.11 Å². The van der Waals surface area contributed by atoms with Crippen LogP contribution in [0.1, 0.15) is 49.3 Å². The van der Waals surface area contributed by atoms with Gasteiger partial charge in [0.15, 0.2) is 0 Å². The number of rotatable bonds is 2. The van der Waals surface area contributed by atoms with Crippen molar-refractivity contribution in [1.82, 2.24) is 10.2 Å². The van der Waals surface area contributed by atoms with E-state index in [9.17, 15) is 5.11 Å². The Morgan fingerprint density at radius 2 is 2.05 bits per heavy atom. The summed E-state index contributed by atoms with van der Waals surface area (Å²) in [7, 11) is 0. The summed E-state index contributed by atoms with van der Waals surface area (Å²) in [5, 5.41) is 13.5. The average molecular weight is 272 g/mol. The van der Waals surface area contributed by atoms with Crippen molar-refractivity contribution in [2.24, 2.45) is 0 Å². The summed E-state index contributed by atoms with van der Waals surface area (Å²) in [6.07, 6.45) is 7.73. The number of phenols is 1. The van der Waals surface area contributed by atoms with Crippen LogP contribution in [0.2, 0.25) is 0 Å². The summed E-state index contributed by atoms with van der Waals surface area (Å²) in [6.45, 7) is 2.58. The van der Waals surface area contributed by atoms with Crippen LogP contribution in [0, 0.1) is 0 Å². The molecule has 0 bridgehead atoms. The van der Waals surface area contributed by atoms with Crippen molar-refractivity contribution in [1.29, 1.82) is 0 Å². The van der Waals surface area contributed by atoms with Gasteiger partial charge in [-0.1, -0.05) is 12.5 Å². The summed E-state index contributed by atoms with van der Waals surface area (Å²) in [6, 6.07) is 7.82. The minimum Gasteiger partial charge on any atom is -0.508 e. The lowest BCUT2D eigenvalue weighted by molar-refractivity contribution is 0.176. The van der Waals surface area contributed by atoms with Crippen LogP contribution in [0.25, 0.3) is 0 Å². The van der Waals surface area contributed by atoms with Crippen LogP contribution in [0.5, 0.6) is 5.75 Å². The summed E-state index contributed by atoms with van der Waals surface area (Å²) >= 11 is 0. The fraction of sp³-hybridized carbons (Fsp3) is 0.647. The molecule has 3 nitrogen and oxygen atoms in total. The third kappa shape index (κ3) is 2.13. The Hall–Kier alpha value is -1.06. The maximum atomic E-state index is 9.59. The Morgan fingerprint density at radius 1 is 1.10 bits per heavy atom. The summed E-state index contributed by atoms with van der Waals surface area (Å²) < 4.78 is 0. The van der Waals surface area contributed by atoms with Crippen LogP contribution in [-0.4, -0.2) is 35.2 Å². The lowest BCUT2D eigenvalue weighted by Crippen LogP contribution is -2.45. The molecule has 3 aliphatic rings. The van der Waals surface area contributed by atoms with Gasteiger partial charge in [0.25, 0.3) is 0 Å². The number of hydrogen-bond acceptors (Lipinski definition) is 3. The maximum absolute atomic E-state index is 9.59. The zero-order valence-corrected chi connectivity index (χ0v) is 12.0. The van der Waals surface area contributed by atoms with E-state index >= 15 is 0 Å². The molecule has 2 N–H and O–H groups in total. The molecule has 3 heteroatoms. The van der Waals surface area contributed by atoms with E-state index < -0.39 is 0 Å². The van der Waals surface area contributed by atoms with Crippen molar-refractivity contribution in [3.8, 4) is 5.75 Å². The number of aryl methyl sites for hydroxylation is 1. The molecule has 0 amide bonds. The molecule has 2 saturated heterocycles. The first-order valence-electron chi connectivity index (χ1n) is 8.13. The van der Waals surface area contributed by atoms with Crippen molar-refractivity contribution in [3.05, 3.63) is 29.3 Å². The molecule has 4 rings (SSSR count). The second kappa shape index (κ2) is 5.05. The van der Waals surface area contributed by atoms with Gasteiger partial charge in [0.1, 0.15) is 5.75 Å². The number of aromatic hydroxyl groups is 1. The smallest absolute Gasteiger partial charge is 0.115 e. The minimum absolute atomic E-state index is 0.406. The predicted molar refractivity (Wildman–Crippen MR) is 79.9 cm³/mol. The highest BCUT2D eigenvalue weighted by atomic mass is 16.3. The van der Waals surface area contributed by atoms with E-state index in [1.54, 1.807) is 0 Å². The van der Waals surface area contributed by atoms with Crippen LogP contribution in [-0.2, 0) is 6.42 Å². The molecular formula is C17H24N2O. The maximum Gasteiger partial charge on any atom is 0.115 e. The lowest BCUT2D eigenvalue weighted by Gasteiger charge is -2.34. The highest BCUT2D eigenvalue weighted by Gasteiger charge is 2.37. The number of benzene rings is 1. The van der Waals surface area contributed by atoms with Crippen LogP contribution in [0.3, 0.4) is 0 Å². The molecule has 1 aromatic rings. The van der Waals surface area contributed by atoms with E-state index in [0.717, 1.165) is 12.5 Å². The van der Waals surface area contributed by atoms with Gasteiger partial charge in [-0.2, -0.15) is 0 Å². The molecule has 1 aliphatic carbocycles. The van der Waals surface area contributed by atoms with Gasteiger partial charge in [-0.3, -0.25) is 4.90 Å². The molecule has 0 spiro atoms. The molecule has 2 aliphatic heterocycles. The Bertz CT molecular complexity index is 502. The second-order valence-electron chi connectivity index (χ2n) is 6.64. The molecule has 20 heavy (non-hydrogen) atoms. The first-order valence-corrected chi connectivity index (χ1v) is 8.13. The highest BCUT2D eigenvalue weighted by molar-refractivity contribution is 5.40. The Kier molecular flexibility index (Phi) is 3.20. The topological polar surface area (TPSA) is 35.5 Å². The molecule has 0 saturated carbocycles. The van der Waals surface area contributed by atoms with Gasteiger partial charge < -0.3 is 10.4 Å². The SMILES string of the molecule is Oc1ccc2c(c1)CCC2NC1CCN2CCCCC12. The first kappa shape index (κ1) is 12.7. The largest absolute Gasteiger partial charge is 0.508 e. The van der Waals surface area contributed by atoms with E-state index in [0.29, 0.717) is 17.8 Å². The minimum atomic E-state index is 0.406. The fourth-order valence-electron chi connectivity index (χ4n) is 4.48. The van der Waals surface area contributed by atoms with Crippen LogP contribution in [0.4, 0.5) is 0 Å². The van der Waals surface area contributed by atoms with Crippen molar-refractivity contribution in [2.75, 3.05) is 13.1 Å². The quantitative estimate of drug-likeness (QED) is 0.868. The van der Waals surface area contributed by atoms with E-state index in [-0.39, 0.29) is 0 Å². The lowest BCUT2D eigenvalue weighted by atomic mass is 9.97. The van der Waals surface area contributed by atoms with Gasteiger partial charge in [0.05, 0.1) is 0 Å². The molecule has 3 unspecified atom stereocenters. The third-order valence-electron chi connectivity index (χ3n) is 5.48. The third-order valence-corrected chi connectivity index (χ3v) is 5.48. The average Bonchev–Trinajstić information content (AvgIpc) is 3.04. The molecule has 3 atom stereocenters. The number of piperidine rings is 1. The summed E-state index contributed by atoms with van der Waals surface area (Å²) in [4.78, 5) is 2.69. The van der Waals surface area contributed by atoms with Gasteiger partial charge in [0, 0.05) is 24.7 Å². The van der Waals surface area contributed by atoms with Crippen LogP contribution in [0.15, 0.2) is 18.2 Å². The molecule has 2 heterocycles. The van der Waals surface area contributed by atoms with Gasteiger partial charge in [-0.25, -0.2) is 0 Å². The number of nitrogens with zero attached hydrogens (tertiary/aromatic N) is 1. The molecule has 0 radical (unpaired) electrons. The molecule has 1 aromatic carbocycles. The number of fused-ring (bicyclic) bond motifs is 2. The molecule has 2 fully saturated rings. The Balaban J connectivity index is 1.48. The first-order chi connectivity index (χ1) is 9.81. The number of phenolic OH excluding ortho intramolecular Hbond substituents is 1. The Labute approximate surface area is 121 Å². The van der Waals surface area contributed by atoms with E-state index in [4.69, 9.17) is 0 Å². The Morgan fingerprint density at radius 3 is 3.00 bits per heavy atom. The standard InChI is InChI=1S/C17H24N2O/c20-13-5-6-14-12(11-13)4-7-15(14)18-16-8-10-19-9-2-1-3-17(16)19/h5-6,11,15-18,20H,1-4,7-10H2. The van der Waals surface area contributed by atoms with E-state index in [1.807, 2.05) is 12.1 Å². The van der Waals surface area contributed by atoms with Gasteiger partial charge in [-0.05, 0) is 61.9 Å². The van der Waals surface area contributed by atoms with Crippen molar-refractivity contribution >= 4 is 0 Å². The normalized spacial score (nSPS) is 33.1. The van der Waals surface area contributed by atoms with Gasteiger partial charge in [-0.15, -0.1) is 0 Å². The second-order valence-corrected chi connectivity index (χ2v) is 6.64. The van der Waals surface area contributed by atoms with Crippen molar-refractivity contribution in [2.45, 2.75) is 56.7 Å². The molecule has 108 valence electrons. The molecule has 0 aromatic heterocycles. The monoisotopic (exact) mass is 272 g/mol. The highest BCUT2D eigenvalue weighted by Crippen LogP contribution is 2.36. The van der Waals surface area contributed by atoms with Crippen LogP contribution < -0.4 is 5.32 Å². The fourth-order valence-corrected chi connectivity index (χ4v) is 4.48. The number of nitrogens with one attached hydrogen (secondary N) is 1. The zero-order chi connectivity index (χ0) is 13.5.